The smallest absolute Gasteiger partial charge is 0.265 e. The molecule has 4 aromatic rings. The van der Waals surface area contributed by atoms with Crippen molar-refractivity contribution in [1.29, 1.82) is 0 Å². The third kappa shape index (κ3) is 2.55. The summed E-state index contributed by atoms with van der Waals surface area (Å²) >= 11 is 0. The van der Waals surface area contributed by atoms with Crippen molar-refractivity contribution in [3.8, 4) is 5.75 Å². The average molecular weight is 369 g/mol. The molecule has 2 heterocycles. The minimum absolute atomic E-state index is 0.0714. The molecule has 0 bridgehead atoms. The van der Waals surface area contributed by atoms with Gasteiger partial charge in [0.25, 0.3) is 10.0 Å². The first kappa shape index (κ1) is 16.3. The van der Waals surface area contributed by atoms with Crippen LogP contribution in [0.3, 0.4) is 0 Å². The van der Waals surface area contributed by atoms with Crippen molar-refractivity contribution in [3.63, 3.8) is 0 Å². The van der Waals surface area contributed by atoms with E-state index in [1.54, 1.807) is 30.5 Å². The van der Waals surface area contributed by atoms with Crippen molar-refractivity contribution in [2.45, 2.75) is 11.8 Å². The number of ether oxygens (including phenoxy) is 1. The number of nitrogens with one attached hydrogen (secondary N) is 1. The quantitative estimate of drug-likeness (QED) is 0.592. The second-order valence-corrected chi connectivity index (χ2v) is 7.40. The Hall–Kier alpha value is -3.13. The summed E-state index contributed by atoms with van der Waals surface area (Å²) in [5, 5.41) is 5.08. The summed E-state index contributed by atoms with van der Waals surface area (Å²) < 4.78 is 39.0. The van der Waals surface area contributed by atoms with Gasteiger partial charge in [0.2, 0.25) is 0 Å². The highest BCUT2D eigenvalue weighted by molar-refractivity contribution is 7.93. The average Bonchev–Trinajstić information content (AvgIpc) is 3.04. The van der Waals surface area contributed by atoms with Crippen molar-refractivity contribution < 1.29 is 17.7 Å². The van der Waals surface area contributed by atoms with Crippen LogP contribution in [0.15, 0.2) is 58.1 Å². The molecule has 132 valence electrons. The lowest BCUT2D eigenvalue weighted by molar-refractivity contribution is 0.419. The van der Waals surface area contributed by atoms with Gasteiger partial charge in [0, 0.05) is 11.6 Å². The zero-order chi connectivity index (χ0) is 18.3. The van der Waals surface area contributed by atoms with Crippen LogP contribution < -0.4 is 9.46 Å². The van der Waals surface area contributed by atoms with Crippen LogP contribution in [0.4, 0.5) is 5.82 Å². The number of rotatable bonds is 4. The van der Waals surface area contributed by atoms with Gasteiger partial charge >= 0.3 is 0 Å². The van der Waals surface area contributed by atoms with Crippen LogP contribution in [0.2, 0.25) is 0 Å². The fraction of sp³-hybridized carbons (Fsp3) is 0.111. The molecule has 1 N–H and O–H groups in total. The fourth-order valence-corrected chi connectivity index (χ4v) is 4.07. The number of fused-ring (bicyclic) bond motifs is 2. The molecule has 0 aliphatic heterocycles. The Kier molecular flexibility index (Phi) is 3.77. The van der Waals surface area contributed by atoms with Gasteiger partial charge in [0.05, 0.1) is 12.6 Å². The van der Waals surface area contributed by atoms with Gasteiger partial charge in [-0.15, -0.1) is 0 Å². The van der Waals surface area contributed by atoms with Crippen LogP contribution in [0, 0.1) is 6.92 Å². The highest BCUT2D eigenvalue weighted by atomic mass is 32.2. The SMILES string of the molecule is COc1cccc2onc(NS(=O)(=O)c3cccc4c(C)ccnc34)c12. The van der Waals surface area contributed by atoms with E-state index in [4.69, 9.17) is 9.26 Å². The molecule has 2 aromatic heterocycles. The highest BCUT2D eigenvalue weighted by Crippen LogP contribution is 2.33. The molecule has 0 aliphatic carbocycles. The lowest BCUT2D eigenvalue weighted by Crippen LogP contribution is -2.14. The largest absolute Gasteiger partial charge is 0.496 e. The Balaban J connectivity index is 1.86. The number of hydrogen-bond acceptors (Lipinski definition) is 6. The van der Waals surface area contributed by atoms with E-state index in [1.807, 2.05) is 19.1 Å². The summed E-state index contributed by atoms with van der Waals surface area (Å²) in [6, 6.07) is 12.0. The minimum atomic E-state index is -3.93. The lowest BCUT2D eigenvalue weighted by Gasteiger charge is -2.10. The Morgan fingerprint density at radius 3 is 2.73 bits per heavy atom. The van der Waals surface area contributed by atoms with E-state index in [0.29, 0.717) is 22.2 Å². The number of sulfonamides is 1. The molecule has 0 unspecified atom stereocenters. The highest BCUT2D eigenvalue weighted by Gasteiger charge is 2.23. The number of aryl methyl sites for hydroxylation is 1. The van der Waals surface area contributed by atoms with Crippen molar-refractivity contribution >= 4 is 37.7 Å². The van der Waals surface area contributed by atoms with Gasteiger partial charge in [0.1, 0.15) is 16.0 Å². The van der Waals surface area contributed by atoms with Gasteiger partial charge in [-0.1, -0.05) is 23.4 Å². The molecular formula is C18H15N3O4S. The third-order valence-electron chi connectivity index (χ3n) is 4.15. The number of pyridine rings is 1. The van der Waals surface area contributed by atoms with Crippen LogP contribution >= 0.6 is 0 Å². The second kappa shape index (κ2) is 5.99. The Bertz CT molecular complexity index is 1230. The van der Waals surface area contributed by atoms with Gasteiger partial charge in [-0.05, 0) is 36.8 Å². The number of nitrogens with zero attached hydrogens (tertiary/aromatic N) is 2. The summed E-state index contributed by atoms with van der Waals surface area (Å²) in [6.07, 6.45) is 1.59. The van der Waals surface area contributed by atoms with Crippen molar-refractivity contribution in [3.05, 3.63) is 54.2 Å². The maximum atomic E-state index is 13.0. The zero-order valence-electron chi connectivity index (χ0n) is 14.1. The Morgan fingerprint density at radius 2 is 1.92 bits per heavy atom. The monoisotopic (exact) mass is 369 g/mol. The molecule has 0 aliphatic rings. The first-order valence-corrected chi connectivity index (χ1v) is 9.29. The van der Waals surface area contributed by atoms with Gasteiger partial charge in [-0.3, -0.25) is 9.71 Å². The van der Waals surface area contributed by atoms with Gasteiger partial charge in [-0.25, -0.2) is 8.42 Å². The van der Waals surface area contributed by atoms with E-state index < -0.39 is 10.0 Å². The number of aromatic nitrogens is 2. The predicted molar refractivity (Wildman–Crippen MR) is 97.8 cm³/mol. The van der Waals surface area contributed by atoms with Crippen LogP contribution in [0.1, 0.15) is 5.56 Å². The fourth-order valence-electron chi connectivity index (χ4n) is 2.89. The number of para-hydroxylation sites is 1. The maximum absolute atomic E-state index is 13.0. The lowest BCUT2D eigenvalue weighted by atomic mass is 10.1. The molecule has 4 rings (SSSR count). The number of methoxy groups -OCH3 is 1. The van der Waals surface area contributed by atoms with Crippen LogP contribution in [0.5, 0.6) is 5.75 Å². The molecule has 8 heteroatoms. The molecular weight excluding hydrogens is 354 g/mol. The first-order chi connectivity index (χ1) is 12.5. The molecule has 0 saturated carbocycles. The van der Waals surface area contributed by atoms with E-state index in [1.165, 1.54) is 13.2 Å². The maximum Gasteiger partial charge on any atom is 0.265 e. The summed E-state index contributed by atoms with van der Waals surface area (Å²) in [5.74, 6) is 0.537. The van der Waals surface area contributed by atoms with Crippen molar-refractivity contribution in [1.82, 2.24) is 10.1 Å². The van der Waals surface area contributed by atoms with Gasteiger partial charge < -0.3 is 9.26 Å². The molecule has 0 radical (unpaired) electrons. The molecule has 0 saturated heterocycles. The Morgan fingerprint density at radius 1 is 1.12 bits per heavy atom. The minimum Gasteiger partial charge on any atom is -0.496 e. The van der Waals surface area contributed by atoms with Crippen molar-refractivity contribution in [2.24, 2.45) is 0 Å². The van der Waals surface area contributed by atoms with E-state index in [-0.39, 0.29) is 10.7 Å². The first-order valence-electron chi connectivity index (χ1n) is 7.81. The standard InChI is InChI=1S/C18H15N3O4S/c1-11-9-10-19-17-12(11)5-3-8-15(17)26(22,23)21-18-16-13(24-2)6-4-7-14(16)25-20-18/h3-10H,1-2H3,(H,20,21). The van der Waals surface area contributed by atoms with Crippen LogP contribution in [-0.2, 0) is 10.0 Å². The topological polar surface area (TPSA) is 94.3 Å². The molecule has 26 heavy (non-hydrogen) atoms. The predicted octanol–water partition coefficient (Wildman–Crippen LogP) is 3.49. The van der Waals surface area contributed by atoms with E-state index >= 15 is 0 Å². The molecule has 0 fully saturated rings. The number of hydrogen-bond donors (Lipinski definition) is 1. The third-order valence-corrected chi connectivity index (χ3v) is 5.52. The van der Waals surface area contributed by atoms with Crippen molar-refractivity contribution in [2.75, 3.05) is 11.8 Å². The van der Waals surface area contributed by atoms with E-state index in [2.05, 4.69) is 14.9 Å². The van der Waals surface area contributed by atoms with Crippen LogP contribution in [0.25, 0.3) is 21.9 Å². The molecule has 2 aromatic carbocycles. The van der Waals surface area contributed by atoms with Gasteiger partial charge in [-0.2, -0.15) is 0 Å². The normalized spacial score (nSPS) is 11.8. The number of benzene rings is 2. The molecule has 0 amide bonds. The molecule has 7 nitrogen and oxygen atoms in total. The van der Waals surface area contributed by atoms with Crippen LogP contribution in [-0.4, -0.2) is 25.7 Å². The summed E-state index contributed by atoms with van der Waals surface area (Å²) in [5.41, 5.74) is 1.77. The second-order valence-electron chi connectivity index (χ2n) is 5.75. The van der Waals surface area contributed by atoms with E-state index in [0.717, 1.165) is 10.9 Å². The summed E-state index contributed by atoms with van der Waals surface area (Å²) in [4.78, 5) is 4.32. The molecule has 0 atom stereocenters. The van der Waals surface area contributed by atoms with Gasteiger partial charge in [0.15, 0.2) is 11.4 Å². The summed E-state index contributed by atoms with van der Waals surface area (Å²) in [7, 11) is -2.44. The van der Waals surface area contributed by atoms with E-state index in [9.17, 15) is 8.42 Å². The Labute approximate surface area is 149 Å². The summed E-state index contributed by atoms with van der Waals surface area (Å²) in [6.45, 7) is 1.91. The zero-order valence-corrected chi connectivity index (χ0v) is 14.9. The molecule has 0 spiro atoms. The number of anilines is 1.